The fraction of sp³-hybridized carbons (Fsp3) is 0.0667. The first-order chi connectivity index (χ1) is 11.7. The van der Waals surface area contributed by atoms with Gasteiger partial charge in [0, 0.05) is 13.2 Å². The van der Waals surface area contributed by atoms with Crippen LogP contribution in [0.4, 0.5) is 5.82 Å². The lowest BCUT2D eigenvalue weighted by Gasteiger charge is -2.06. The smallest absolute Gasteiger partial charge is 0.279 e. The van der Waals surface area contributed by atoms with Crippen molar-refractivity contribution in [1.29, 1.82) is 0 Å². The highest BCUT2D eigenvalue weighted by atomic mass is 32.1. The molecule has 9 heteroatoms. The molecule has 4 rings (SSSR count). The van der Waals surface area contributed by atoms with Crippen molar-refractivity contribution in [2.45, 2.75) is 0 Å². The average molecular weight is 337 g/mol. The van der Waals surface area contributed by atoms with Crippen LogP contribution in [0.25, 0.3) is 21.7 Å². The summed E-state index contributed by atoms with van der Waals surface area (Å²) in [5.41, 5.74) is 0.863. The highest BCUT2D eigenvalue weighted by Gasteiger charge is 2.16. The number of nitrogens with zero attached hydrogens (tertiary/aromatic N) is 6. The zero-order valence-corrected chi connectivity index (χ0v) is 13.4. The summed E-state index contributed by atoms with van der Waals surface area (Å²) in [6.45, 7) is 0. The number of aromatic nitrogens is 6. The first-order valence-corrected chi connectivity index (χ1v) is 7.93. The van der Waals surface area contributed by atoms with E-state index in [1.54, 1.807) is 19.4 Å². The molecule has 1 amide bonds. The van der Waals surface area contributed by atoms with Gasteiger partial charge in [0.2, 0.25) is 0 Å². The van der Waals surface area contributed by atoms with Gasteiger partial charge < -0.3 is 5.32 Å². The van der Waals surface area contributed by atoms with Crippen LogP contribution in [0.15, 0.2) is 42.0 Å². The predicted octanol–water partition coefficient (Wildman–Crippen LogP) is 2.13. The lowest BCUT2D eigenvalue weighted by atomic mass is 10.3. The number of hydrogen-bond donors (Lipinski definition) is 1. The number of thiophene rings is 1. The van der Waals surface area contributed by atoms with Gasteiger partial charge in [0.25, 0.3) is 5.91 Å². The Morgan fingerprint density at radius 1 is 1.25 bits per heavy atom. The number of amides is 1. The van der Waals surface area contributed by atoms with E-state index in [2.05, 4.69) is 30.6 Å². The van der Waals surface area contributed by atoms with Gasteiger partial charge in [0.05, 0.1) is 11.6 Å². The largest absolute Gasteiger partial charge is 0.304 e. The molecule has 0 radical (unpaired) electrons. The lowest BCUT2D eigenvalue weighted by molar-refractivity contribution is 0.102. The summed E-state index contributed by atoms with van der Waals surface area (Å²) >= 11 is 1.48. The van der Waals surface area contributed by atoms with E-state index in [4.69, 9.17) is 0 Å². The van der Waals surface area contributed by atoms with Crippen molar-refractivity contribution in [3.63, 3.8) is 0 Å². The standard InChI is InChI=1S/C15H11N7OS/c1-22-8-11(20-21-22)14(23)18-12-9-5-7-24-15(9)19-13(17-12)10-4-2-3-6-16-10/h2-8H,1H3,(H,17,18,19,23). The molecule has 0 aliphatic heterocycles. The van der Waals surface area contributed by atoms with E-state index in [-0.39, 0.29) is 11.6 Å². The number of carbonyl (C=O) groups excluding carboxylic acids is 1. The molecule has 0 bridgehead atoms. The maximum atomic E-state index is 12.3. The molecule has 0 aliphatic carbocycles. The van der Waals surface area contributed by atoms with E-state index in [0.29, 0.717) is 17.3 Å². The minimum absolute atomic E-state index is 0.221. The lowest BCUT2D eigenvalue weighted by Crippen LogP contribution is -2.14. The SMILES string of the molecule is Cn1cc(C(=O)Nc2nc(-c3ccccn3)nc3sccc23)nn1. The van der Waals surface area contributed by atoms with Crippen molar-refractivity contribution in [2.24, 2.45) is 7.05 Å². The highest BCUT2D eigenvalue weighted by Crippen LogP contribution is 2.28. The van der Waals surface area contributed by atoms with Gasteiger partial charge in [0.1, 0.15) is 16.3 Å². The Balaban J connectivity index is 1.76. The molecule has 0 saturated heterocycles. The van der Waals surface area contributed by atoms with Gasteiger partial charge >= 0.3 is 0 Å². The quantitative estimate of drug-likeness (QED) is 0.615. The molecule has 0 spiro atoms. The molecule has 24 heavy (non-hydrogen) atoms. The van der Waals surface area contributed by atoms with Crippen LogP contribution in [0.2, 0.25) is 0 Å². The van der Waals surface area contributed by atoms with E-state index in [9.17, 15) is 4.79 Å². The van der Waals surface area contributed by atoms with Crippen LogP contribution >= 0.6 is 11.3 Å². The Labute approximate surface area is 140 Å². The van der Waals surface area contributed by atoms with Gasteiger partial charge in [0.15, 0.2) is 11.5 Å². The molecular formula is C15H11N7OS. The van der Waals surface area contributed by atoms with Crippen LogP contribution in [0.1, 0.15) is 10.5 Å². The normalized spacial score (nSPS) is 10.9. The number of nitrogens with one attached hydrogen (secondary N) is 1. The summed E-state index contributed by atoms with van der Waals surface area (Å²) in [6.07, 6.45) is 3.22. The molecule has 0 saturated carbocycles. The van der Waals surface area contributed by atoms with E-state index in [1.165, 1.54) is 16.0 Å². The second-order valence-corrected chi connectivity index (χ2v) is 5.88. The van der Waals surface area contributed by atoms with Crippen molar-refractivity contribution in [3.05, 3.63) is 47.7 Å². The fourth-order valence-electron chi connectivity index (χ4n) is 2.18. The molecule has 4 heterocycles. The van der Waals surface area contributed by atoms with Gasteiger partial charge in [-0.15, -0.1) is 16.4 Å². The second kappa shape index (κ2) is 5.78. The van der Waals surface area contributed by atoms with Crippen LogP contribution < -0.4 is 5.32 Å². The zero-order valence-electron chi connectivity index (χ0n) is 12.5. The van der Waals surface area contributed by atoms with E-state index < -0.39 is 0 Å². The second-order valence-electron chi connectivity index (χ2n) is 4.98. The summed E-state index contributed by atoms with van der Waals surface area (Å²) in [7, 11) is 1.70. The molecule has 4 aromatic heterocycles. The van der Waals surface area contributed by atoms with Gasteiger partial charge in [-0.25, -0.2) is 9.97 Å². The zero-order chi connectivity index (χ0) is 16.5. The molecule has 1 N–H and O–H groups in total. The maximum Gasteiger partial charge on any atom is 0.279 e. The van der Waals surface area contributed by atoms with Gasteiger partial charge in [-0.1, -0.05) is 11.3 Å². The third kappa shape index (κ3) is 2.61. The van der Waals surface area contributed by atoms with Gasteiger partial charge in [-0.05, 0) is 23.6 Å². The summed E-state index contributed by atoms with van der Waals surface area (Å²) in [5, 5.41) is 13.0. The molecule has 118 valence electrons. The fourth-order valence-corrected chi connectivity index (χ4v) is 2.95. The molecule has 8 nitrogen and oxygen atoms in total. The number of fused-ring (bicyclic) bond motifs is 1. The van der Waals surface area contributed by atoms with Gasteiger partial charge in [-0.2, -0.15) is 0 Å². The predicted molar refractivity (Wildman–Crippen MR) is 89.6 cm³/mol. The number of rotatable bonds is 3. The first kappa shape index (κ1) is 14.4. The third-order valence-corrected chi connectivity index (χ3v) is 4.09. The van der Waals surface area contributed by atoms with Crippen molar-refractivity contribution >= 4 is 33.3 Å². The Bertz CT molecular complexity index is 1020. The monoisotopic (exact) mass is 337 g/mol. The molecule has 4 aromatic rings. The Morgan fingerprint density at radius 2 is 2.17 bits per heavy atom. The number of anilines is 1. The molecule has 0 aromatic carbocycles. The number of carbonyl (C=O) groups is 1. The molecule has 0 fully saturated rings. The number of aryl methyl sites for hydroxylation is 1. The van der Waals surface area contributed by atoms with E-state index >= 15 is 0 Å². The van der Waals surface area contributed by atoms with Crippen molar-refractivity contribution < 1.29 is 4.79 Å². The summed E-state index contributed by atoms with van der Waals surface area (Å²) < 4.78 is 1.47. The van der Waals surface area contributed by atoms with Crippen LogP contribution in [0.5, 0.6) is 0 Å². The average Bonchev–Trinajstić information content (AvgIpc) is 3.24. The minimum atomic E-state index is -0.374. The summed E-state index contributed by atoms with van der Waals surface area (Å²) in [5.74, 6) is 0.513. The van der Waals surface area contributed by atoms with Crippen molar-refractivity contribution in [3.8, 4) is 11.5 Å². The number of pyridine rings is 1. The minimum Gasteiger partial charge on any atom is -0.304 e. The summed E-state index contributed by atoms with van der Waals surface area (Å²) in [4.78, 5) is 26.4. The third-order valence-electron chi connectivity index (χ3n) is 3.29. The van der Waals surface area contributed by atoms with Crippen LogP contribution in [0, 0.1) is 0 Å². The molecule has 0 unspecified atom stereocenters. The van der Waals surface area contributed by atoms with E-state index in [1.807, 2.05) is 29.6 Å². The molecular weight excluding hydrogens is 326 g/mol. The maximum absolute atomic E-state index is 12.3. The van der Waals surface area contributed by atoms with Crippen LogP contribution in [-0.2, 0) is 7.05 Å². The van der Waals surface area contributed by atoms with Crippen LogP contribution in [-0.4, -0.2) is 35.9 Å². The Hall–Kier alpha value is -3.20. The summed E-state index contributed by atoms with van der Waals surface area (Å²) in [6, 6.07) is 7.38. The van der Waals surface area contributed by atoms with Crippen LogP contribution in [0.3, 0.4) is 0 Å². The number of hydrogen-bond acceptors (Lipinski definition) is 7. The van der Waals surface area contributed by atoms with Crippen molar-refractivity contribution in [2.75, 3.05) is 5.32 Å². The van der Waals surface area contributed by atoms with E-state index in [0.717, 1.165) is 10.2 Å². The molecule has 0 aliphatic rings. The Kier molecular flexibility index (Phi) is 3.47. The topological polar surface area (TPSA) is 98.5 Å². The van der Waals surface area contributed by atoms with Gasteiger partial charge in [-0.3, -0.25) is 14.5 Å². The van der Waals surface area contributed by atoms with Crippen molar-refractivity contribution in [1.82, 2.24) is 29.9 Å². The first-order valence-electron chi connectivity index (χ1n) is 7.05. The Morgan fingerprint density at radius 3 is 2.92 bits per heavy atom. The highest BCUT2D eigenvalue weighted by molar-refractivity contribution is 7.16. The molecule has 0 atom stereocenters.